The van der Waals surface area contributed by atoms with E-state index >= 15 is 0 Å². The molecule has 0 aliphatic rings. The molecule has 17 heavy (non-hydrogen) atoms. The Morgan fingerprint density at radius 3 is 2.76 bits per heavy atom. The van der Waals surface area contributed by atoms with Crippen molar-refractivity contribution in [3.63, 3.8) is 0 Å². The second kappa shape index (κ2) is 6.34. The van der Waals surface area contributed by atoms with Crippen LogP contribution in [0.4, 0.5) is 5.95 Å². The first-order chi connectivity index (χ1) is 8.00. The summed E-state index contributed by atoms with van der Waals surface area (Å²) in [7, 11) is 1.74. The Morgan fingerprint density at radius 1 is 1.53 bits per heavy atom. The maximum absolute atomic E-state index is 11.8. The minimum Gasteiger partial charge on any atom is -0.328 e. The van der Waals surface area contributed by atoms with Gasteiger partial charge in [-0.3, -0.25) is 10.1 Å². The van der Waals surface area contributed by atoms with E-state index in [0.29, 0.717) is 5.95 Å². The van der Waals surface area contributed by atoms with Crippen molar-refractivity contribution in [3.05, 3.63) is 6.33 Å². The van der Waals surface area contributed by atoms with Crippen molar-refractivity contribution in [2.75, 3.05) is 5.32 Å². The molecule has 6 nitrogen and oxygen atoms in total. The molecule has 2 atom stereocenters. The number of carbonyl (C=O) groups is 1. The lowest BCUT2D eigenvalue weighted by Gasteiger charge is -2.12. The summed E-state index contributed by atoms with van der Waals surface area (Å²) in [6.45, 7) is 3.89. The maximum atomic E-state index is 11.8. The Labute approximate surface area is 102 Å². The van der Waals surface area contributed by atoms with Crippen molar-refractivity contribution in [2.45, 2.75) is 39.2 Å². The van der Waals surface area contributed by atoms with Crippen molar-refractivity contribution in [2.24, 2.45) is 18.7 Å². The molecule has 6 heteroatoms. The maximum Gasteiger partial charge on any atom is 0.229 e. The molecule has 0 aliphatic heterocycles. The summed E-state index contributed by atoms with van der Waals surface area (Å²) in [5, 5.41) is 6.64. The summed E-state index contributed by atoms with van der Waals surface area (Å²) in [5.74, 6) is 0.422. The van der Waals surface area contributed by atoms with Gasteiger partial charge in [0.15, 0.2) is 0 Å². The van der Waals surface area contributed by atoms with Crippen LogP contribution < -0.4 is 11.1 Å². The van der Waals surface area contributed by atoms with E-state index in [1.807, 2.05) is 13.8 Å². The third-order valence-electron chi connectivity index (χ3n) is 2.69. The standard InChI is InChI=1S/C11H21N5O/c1-8(5-4-6-9(2)12)10(17)15-11-13-7-14-16(11)3/h7-9H,4-6,12H2,1-3H3,(H,13,14,15,17). The van der Waals surface area contributed by atoms with Crippen LogP contribution in [-0.2, 0) is 11.8 Å². The largest absolute Gasteiger partial charge is 0.328 e. The Kier molecular flexibility index (Phi) is 5.09. The zero-order valence-electron chi connectivity index (χ0n) is 10.7. The van der Waals surface area contributed by atoms with E-state index < -0.39 is 0 Å². The summed E-state index contributed by atoms with van der Waals surface area (Å²) in [6, 6.07) is 0.198. The molecule has 1 aromatic heterocycles. The second-order valence-electron chi connectivity index (χ2n) is 4.51. The van der Waals surface area contributed by atoms with Crippen LogP contribution in [0.25, 0.3) is 0 Å². The van der Waals surface area contributed by atoms with Crippen LogP contribution in [0.15, 0.2) is 6.33 Å². The van der Waals surface area contributed by atoms with Gasteiger partial charge in [0.25, 0.3) is 0 Å². The lowest BCUT2D eigenvalue weighted by molar-refractivity contribution is -0.119. The fourth-order valence-electron chi connectivity index (χ4n) is 1.52. The third kappa shape index (κ3) is 4.52. The molecule has 1 amide bonds. The first-order valence-corrected chi connectivity index (χ1v) is 5.91. The van der Waals surface area contributed by atoms with Gasteiger partial charge in [-0.25, -0.2) is 4.68 Å². The predicted octanol–water partition coefficient (Wildman–Crippen LogP) is 0.907. The molecule has 0 aliphatic carbocycles. The van der Waals surface area contributed by atoms with E-state index in [1.165, 1.54) is 11.0 Å². The van der Waals surface area contributed by atoms with Gasteiger partial charge in [-0.1, -0.05) is 13.3 Å². The third-order valence-corrected chi connectivity index (χ3v) is 2.69. The number of aromatic nitrogens is 3. The van der Waals surface area contributed by atoms with E-state index in [-0.39, 0.29) is 17.9 Å². The number of amides is 1. The van der Waals surface area contributed by atoms with Gasteiger partial charge >= 0.3 is 0 Å². The fraction of sp³-hybridized carbons (Fsp3) is 0.727. The van der Waals surface area contributed by atoms with Crippen LogP contribution in [0.1, 0.15) is 33.1 Å². The van der Waals surface area contributed by atoms with Crippen LogP contribution in [-0.4, -0.2) is 26.7 Å². The van der Waals surface area contributed by atoms with Gasteiger partial charge < -0.3 is 5.73 Å². The molecular formula is C11H21N5O. The van der Waals surface area contributed by atoms with E-state index in [9.17, 15) is 4.79 Å². The monoisotopic (exact) mass is 239 g/mol. The number of rotatable bonds is 6. The fourth-order valence-corrected chi connectivity index (χ4v) is 1.52. The molecule has 3 N–H and O–H groups in total. The number of nitrogens with two attached hydrogens (primary N) is 1. The van der Waals surface area contributed by atoms with Crippen molar-refractivity contribution in [3.8, 4) is 0 Å². The van der Waals surface area contributed by atoms with Crippen molar-refractivity contribution in [1.29, 1.82) is 0 Å². The van der Waals surface area contributed by atoms with Crippen LogP contribution in [0.3, 0.4) is 0 Å². The van der Waals surface area contributed by atoms with Crippen LogP contribution in [0.2, 0.25) is 0 Å². The molecular weight excluding hydrogens is 218 g/mol. The highest BCUT2D eigenvalue weighted by atomic mass is 16.2. The van der Waals surface area contributed by atoms with E-state index in [2.05, 4.69) is 15.4 Å². The van der Waals surface area contributed by atoms with Gasteiger partial charge in [0.2, 0.25) is 11.9 Å². The minimum absolute atomic E-state index is 0.0224. The van der Waals surface area contributed by atoms with Crippen molar-refractivity contribution >= 4 is 11.9 Å². The number of nitrogens with one attached hydrogen (secondary N) is 1. The Hall–Kier alpha value is -1.43. The molecule has 0 fully saturated rings. The van der Waals surface area contributed by atoms with Crippen LogP contribution >= 0.6 is 0 Å². The Bertz CT molecular complexity index is 360. The van der Waals surface area contributed by atoms with Gasteiger partial charge in [0.05, 0.1) is 0 Å². The molecule has 2 unspecified atom stereocenters. The summed E-state index contributed by atoms with van der Waals surface area (Å²) in [5.41, 5.74) is 5.66. The number of hydrogen-bond donors (Lipinski definition) is 2. The molecule has 0 saturated heterocycles. The quantitative estimate of drug-likeness (QED) is 0.772. The molecule has 0 saturated carbocycles. The number of aryl methyl sites for hydroxylation is 1. The highest BCUT2D eigenvalue weighted by Crippen LogP contribution is 2.11. The first-order valence-electron chi connectivity index (χ1n) is 5.91. The van der Waals surface area contributed by atoms with Crippen LogP contribution in [0.5, 0.6) is 0 Å². The van der Waals surface area contributed by atoms with Gasteiger partial charge in [0.1, 0.15) is 6.33 Å². The first kappa shape index (κ1) is 13.6. The zero-order chi connectivity index (χ0) is 12.8. The van der Waals surface area contributed by atoms with Gasteiger partial charge in [-0.2, -0.15) is 10.1 Å². The molecule has 1 aromatic rings. The Balaban J connectivity index is 2.35. The summed E-state index contributed by atoms with van der Waals surface area (Å²) in [4.78, 5) is 15.8. The van der Waals surface area contributed by atoms with Crippen molar-refractivity contribution < 1.29 is 4.79 Å². The highest BCUT2D eigenvalue weighted by molar-refractivity contribution is 5.90. The lowest BCUT2D eigenvalue weighted by atomic mass is 10.0. The van der Waals surface area contributed by atoms with Gasteiger partial charge in [0, 0.05) is 19.0 Å². The average molecular weight is 239 g/mol. The topological polar surface area (TPSA) is 85.8 Å². The normalized spacial score (nSPS) is 14.4. The molecule has 0 aromatic carbocycles. The van der Waals surface area contributed by atoms with Gasteiger partial charge in [-0.15, -0.1) is 0 Å². The number of hydrogen-bond acceptors (Lipinski definition) is 4. The summed E-state index contributed by atoms with van der Waals surface area (Å²) >= 11 is 0. The zero-order valence-corrected chi connectivity index (χ0v) is 10.7. The number of carbonyl (C=O) groups excluding carboxylic acids is 1. The second-order valence-corrected chi connectivity index (χ2v) is 4.51. The summed E-state index contributed by atoms with van der Waals surface area (Å²) < 4.78 is 1.53. The SMILES string of the molecule is CC(N)CCCC(C)C(=O)Nc1ncnn1C. The van der Waals surface area contributed by atoms with Crippen LogP contribution in [0, 0.1) is 5.92 Å². The summed E-state index contributed by atoms with van der Waals surface area (Å²) in [6.07, 6.45) is 4.16. The number of nitrogens with zero attached hydrogens (tertiary/aromatic N) is 3. The van der Waals surface area contributed by atoms with Gasteiger partial charge in [-0.05, 0) is 19.8 Å². The minimum atomic E-state index is -0.0366. The smallest absolute Gasteiger partial charge is 0.229 e. The van der Waals surface area contributed by atoms with E-state index in [4.69, 9.17) is 5.73 Å². The average Bonchev–Trinajstić information content (AvgIpc) is 2.63. The molecule has 1 rings (SSSR count). The molecule has 96 valence electrons. The van der Waals surface area contributed by atoms with Crippen molar-refractivity contribution in [1.82, 2.24) is 14.8 Å². The van der Waals surface area contributed by atoms with E-state index in [0.717, 1.165) is 19.3 Å². The lowest BCUT2D eigenvalue weighted by Crippen LogP contribution is -2.23. The molecule has 0 spiro atoms. The molecule has 0 bridgehead atoms. The molecule has 0 radical (unpaired) electrons. The molecule has 1 heterocycles. The highest BCUT2D eigenvalue weighted by Gasteiger charge is 2.14. The number of anilines is 1. The predicted molar refractivity (Wildman–Crippen MR) is 66.3 cm³/mol. The Morgan fingerprint density at radius 2 is 2.24 bits per heavy atom. The van der Waals surface area contributed by atoms with E-state index in [1.54, 1.807) is 7.05 Å².